The highest BCUT2D eigenvalue weighted by Crippen LogP contribution is 2.27. The summed E-state index contributed by atoms with van der Waals surface area (Å²) >= 11 is 6.01. The van der Waals surface area contributed by atoms with E-state index in [9.17, 15) is 4.79 Å². The molecule has 126 valence electrons. The molecular formula is C16H18ClN5O2. The Kier molecular flexibility index (Phi) is 4.71. The van der Waals surface area contributed by atoms with Crippen molar-refractivity contribution in [2.45, 2.75) is 26.3 Å². The third kappa shape index (κ3) is 3.35. The van der Waals surface area contributed by atoms with Gasteiger partial charge >= 0.3 is 0 Å². The summed E-state index contributed by atoms with van der Waals surface area (Å²) in [6.07, 6.45) is 1.68. The van der Waals surface area contributed by atoms with Gasteiger partial charge in [0.05, 0.1) is 25.0 Å². The highest BCUT2D eigenvalue weighted by atomic mass is 35.5. The highest BCUT2D eigenvalue weighted by molar-refractivity contribution is 6.30. The third-order valence-electron chi connectivity index (χ3n) is 3.54. The van der Waals surface area contributed by atoms with E-state index in [4.69, 9.17) is 16.3 Å². The molecule has 3 rings (SSSR count). The maximum atomic E-state index is 12.1. The zero-order valence-electron chi connectivity index (χ0n) is 13.5. The number of hydrogen-bond donors (Lipinski definition) is 2. The van der Waals surface area contributed by atoms with E-state index in [2.05, 4.69) is 20.4 Å². The molecule has 2 N–H and O–H groups in total. The van der Waals surface area contributed by atoms with Crippen molar-refractivity contribution in [2.24, 2.45) is 0 Å². The van der Waals surface area contributed by atoms with E-state index in [0.717, 1.165) is 24.2 Å². The fourth-order valence-electron chi connectivity index (χ4n) is 2.43. The topological polar surface area (TPSA) is 84.3 Å². The van der Waals surface area contributed by atoms with Crippen LogP contribution in [0.25, 0.3) is 5.78 Å². The standard InChI is InChI=1S/C16H18ClN5O2/c1-3-4-11-8-15(23)22-16(19-11)20-14(21-22)9-18-12-7-10(17)5-6-13(12)24-2/h5-8,18H,3-4,9H2,1-2H3,(H,19,20,21). The van der Waals surface area contributed by atoms with Gasteiger partial charge in [-0.05, 0) is 24.6 Å². The molecule has 0 fully saturated rings. The SMILES string of the molecule is CCCc1cc(=O)n2[nH]c(CNc3cc(Cl)ccc3OC)nc2n1. The molecule has 2 aromatic heterocycles. The van der Waals surface area contributed by atoms with E-state index < -0.39 is 0 Å². The number of rotatable bonds is 6. The minimum absolute atomic E-state index is 0.164. The zero-order valence-corrected chi connectivity index (χ0v) is 14.2. The molecular weight excluding hydrogens is 330 g/mol. The first-order valence-corrected chi connectivity index (χ1v) is 8.03. The molecule has 0 spiro atoms. The van der Waals surface area contributed by atoms with Crippen LogP contribution in [0.4, 0.5) is 5.69 Å². The fraction of sp³-hybridized carbons (Fsp3) is 0.312. The van der Waals surface area contributed by atoms with Crippen LogP contribution in [0, 0.1) is 0 Å². The molecule has 1 aromatic carbocycles. The summed E-state index contributed by atoms with van der Waals surface area (Å²) in [5, 5.41) is 6.75. The van der Waals surface area contributed by atoms with Gasteiger partial charge in [-0.15, -0.1) is 0 Å². The Bertz CT molecular complexity index is 918. The van der Waals surface area contributed by atoms with E-state index in [1.165, 1.54) is 10.6 Å². The van der Waals surface area contributed by atoms with Gasteiger partial charge in [0, 0.05) is 11.1 Å². The van der Waals surface area contributed by atoms with Crippen molar-refractivity contribution < 1.29 is 4.74 Å². The lowest BCUT2D eigenvalue weighted by atomic mass is 10.2. The summed E-state index contributed by atoms with van der Waals surface area (Å²) in [7, 11) is 1.59. The molecule has 0 aliphatic heterocycles. The maximum Gasteiger partial charge on any atom is 0.274 e. The normalized spacial score (nSPS) is 11.0. The van der Waals surface area contributed by atoms with Crippen LogP contribution in [-0.4, -0.2) is 26.7 Å². The Morgan fingerprint density at radius 2 is 2.17 bits per heavy atom. The average Bonchev–Trinajstić information content (AvgIpc) is 2.97. The summed E-state index contributed by atoms with van der Waals surface area (Å²) in [4.78, 5) is 20.9. The number of aryl methyl sites for hydroxylation is 1. The second kappa shape index (κ2) is 6.92. The van der Waals surface area contributed by atoms with Gasteiger partial charge in [-0.1, -0.05) is 24.9 Å². The van der Waals surface area contributed by atoms with Crippen LogP contribution in [0.1, 0.15) is 24.9 Å². The largest absolute Gasteiger partial charge is 0.495 e. The number of benzene rings is 1. The predicted molar refractivity (Wildman–Crippen MR) is 92.9 cm³/mol. The summed E-state index contributed by atoms with van der Waals surface area (Å²) < 4.78 is 6.63. The smallest absolute Gasteiger partial charge is 0.274 e. The van der Waals surface area contributed by atoms with Crippen LogP contribution in [-0.2, 0) is 13.0 Å². The van der Waals surface area contributed by atoms with Crippen LogP contribution in [0.15, 0.2) is 29.1 Å². The van der Waals surface area contributed by atoms with Crippen molar-refractivity contribution in [3.05, 3.63) is 51.2 Å². The second-order valence-electron chi connectivity index (χ2n) is 5.34. The monoisotopic (exact) mass is 347 g/mol. The van der Waals surface area contributed by atoms with Crippen LogP contribution in [0.3, 0.4) is 0 Å². The third-order valence-corrected chi connectivity index (χ3v) is 3.78. The van der Waals surface area contributed by atoms with Gasteiger partial charge in [0.1, 0.15) is 11.6 Å². The van der Waals surface area contributed by atoms with Crippen molar-refractivity contribution in [3.8, 4) is 5.75 Å². The van der Waals surface area contributed by atoms with E-state index in [1.807, 2.05) is 6.92 Å². The predicted octanol–water partition coefficient (Wildman–Crippen LogP) is 2.64. The molecule has 0 saturated carbocycles. The quantitative estimate of drug-likeness (QED) is 0.716. The minimum Gasteiger partial charge on any atom is -0.495 e. The Labute approximate surface area is 143 Å². The Morgan fingerprint density at radius 3 is 2.92 bits per heavy atom. The molecule has 0 amide bonds. The molecule has 0 atom stereocenters. The van der Waals surface area contributed by atoms with Crippen molar-refractivity contribution in [1.82, 2.24) is 19.6 Å². The van der Waals surface area contributed by atoms with E-state index in [1.54, 1.807) is 25.3 Å². The van der Waals surface area contributed by atoms with E-state index in [0.29, 0.717) is 28.9 Å². The number of fused-ring (bicyclic) bond motifs is 1. The lowest BCUT2D eigenvalue weighted by Crippen LogP contribution is -2.16. The molecule has 0 radical (unpaired) electrons. The van der Waals surface area contributed by atoms with Gasteiger partial charge < -0.3 is 10.1 Å². The lowest BCUT2D eigenvalue weighted by molar-refractivity contribution is 0.416. The number of ether oxygens (including phenoxy) is 1. The first-order chi connectivity index (χ1) is 11.6. The van der Waals surface area contributed by atoms with Crippen LogP contribution in [0.5, 0.6) is 5.75 Å². The number of nitrogens with zero attached hydrogens (tertiary/aromatic N) is 3. The molecule has 0 unspecified atom stereocenters. The number of anilines is 1. The number of aromatic nitrogens is 4. The summed E-state index contributed by atoms with van der Waals surface area (Å²) in [6.45, 7) is 2.42. The van der Waals surface area contributed by atoms with Gasteiger partial charge in [0.15, 0.2) is 0 Å². The van der Waals surface area contributed by atoms with Crippen molar-refractivity contribution >= 4 is 23.1 Å². The van der Waals surface area contributed by atoms with Crippen LogP contribution in [0.2, 0.25) is 5.02 Å². The van der Waals surface area contributed by atoms with Gasteiger partial charge in [-0.2, -0.15) is 9.50 Å². The first-order valence-electron chi connectivity index (χ1n) is 7.65. The number of hydrogen-bond acceptors (Lipinski definition) is 5. The number of methoxy groups -OCH3 is 1. The van der Waals surface area contributed by atoms with Crippen molar-refractivity contribution in [1.29, 1.82) is 0 Å². The van der Waals surface area contributed by atoms with E-state index in [-0.39, 0.29) is 5.56 Å². The number of halogens is 1. The fourth-order valence-corrected chi connectivity index (χ4v) is 2.60. The Balaban J connectivity index is 1.85. The van der Waals surface area contributed by atoms with Gasteiger partial charge in [0.2, 0.25) is 0 Å². The maximum absolute atomic E-state index is 12.1. The molecule has 0 bridgehead atoms. The molecule has 8 heteroatoms. The summed E-state index contributed by atoms with van der Waals surface area (Å²) in [6, 6.07) is 6.84. The van der Waals surface area contributed by atoms with Crippen molar-refractivity contribution in [2.75, 3.05) is 12.4 Å². The average molecular weight is 348 g/mol. The van der Waals surface area contributed by atoms with Crippen LogP contribution >= 0.6 is 11.6 Å². The van der Waals surface area contributed by atoms with Gasteiger partial charge in [-0.25, -0.2) is 4.98 Å². The van der Waals surface area contributed by atoms with E-state index >= 15 is 0 Å². The second-order valence-corrected chi connectivity index (χ2v) is 5.78. The lowest BCUT2D eigenvalue weighted by Gasteiger charge is -2.10. The summed E-state index contributed by atoms with van der Waals surface area (Å²) in [5.41, 5.74) is 1.34. The molecule has 7 nitrogen and oxygen atoms in total. The summed E-state index contributed by atoms with van der Waals surface area (Å²) in [5.74, 6) is 1.65. The molecule has 0 aliphatic rings. The molecule has 2 heterocycles. The number of H-pyrrole nitrogens is 1. The van der Waals surface area contributed by atoms with Crippen molar-refractivity contribution in [3.63, 3.8) is 0 Å². The molecule has 3 aromatic rings. The number of aromatic amines is 1. The first kappa shape index (κ1) is 16.3. The zero-order chi connectivity index (χ0) is 17.1. The Hall–Kier alpha value is -2.54. The molecule has 0 saturated heterocycles. The van der Waals surface area contributed by atoms with Gasteiger partial charge in [-0.3, -0.25) is 9.89 Å². The van der Waals surface area contributed by atoms with Crippen LogP contribution < -0.4 is 15.6 Å². The highest BCUT2D eigenvalue weighted by Gasteiger charge is 2.09. The number of nitrogens with one attached hydrogen (secondary N) is 2. The molecule has 0 aliphatic carbocycles. The minimum atomic E-state index is -0.164. The molecule has 24 heavy (non-hydrogen) atoms. The Morgan fingerprint density at radius 1 is 1.33 bits per heavy atom. The van der Waals surface area contributed by atoms with Gasteiger partial charge in [0.25, 0.3) is 11.3 Å².